The molecule has 0 spiro atoms. The van der Waals surface area contributed by atoms with Gasteiger partial charge in [-0.3, -0.25) is 9.59 Å². The molecule has 210 valence electrons. The molecule has 2 heterocycles. The number of carbonyl (C=O) groups excluding carboxylic acids is 4. The summed E-state index contributed by atoms with van der Waals surface area (Å²) in [5.41, 5.74) is 0. The van der Waals surface area contributed by atoms with E-state index in [0.29, 0.717) is 25.9 Å². The van der Waals surface area contributed by atoms with E-state index in [2.05, 4.69) is 0 Å². The van der Waals surface area contributed by atoms with E-state index in [9.17, 15) is 19.2 Å². The van der Waals surface area contributed by atoms with E-state index in [-0.39, 0.29) is 51.2 Å². The highest BCUT2D eigenvalue weighted by Crippen LogP contribution is 2.28. The maximum Gasteiger partial charge on any atom is 0.333 e. The molecule has 0 amide bonds. The molecule has 0 aromatic rings. The van der Waals surface area contributed by atoms with Gasteiger partial charge in [0, 0.05) is 25.0 Å². The highest BCUT2D eigenvalue weighted by Gasteiger charge is 2.38. The van der Waals surface area contributed by atoms with Gasteiger partial charge in [-0.25, -0.2) is 9.59 Å². The molecule has 0 aromatic heterocycles. The largest absolute Gasteiger partial charge is 0.466 e. The van der Waals surface area contributed by atoms with Crippen LogP contribution in [0.4, 0.5) is 0 Å². The Morgan fingerprint density at radius 1 is 0.838 bits per heavy atom. The molecule has 0 bridgehead atoms. The SMILES string of the molecule is CCCC(=O)OCCCCOC(=O)CCC1(C)OCC(COC(=O)/C=C\C(=O)OC2COC(C)(C)O2)O1. The van der Waals surface area contributed by atoms with E-state index in [1.165, 1.54) is 0 Å². The normalized spacial score (nSPS) is 24.6. The maximum atomic E-state index is 12.0. The number of rotatable bonds is 15. The summed E-state index contributed by atoms with van der Waals surface area (Å²) in [4.78, 5) is 46.9. The van der Waals surface area contributed by atoms with Crippen molar-refractivity contribution in [3.63, 3.8) is 0 Å². The molecule has 12 nitrogen and oxygen atoms in total. The number of ether oxygens (including phenoxy) is 8. The second kappa shape index (κ2) is 15.0. The van der Waals surface area contributed by atoms with Gasteiger partial charge < -0.3 is 37.9 Å². The Kier molecular flexibility index (Phi) is 12.4. The predicted octanol–water partition coefficient (Wildman–Crippen LogP) is 2.32. The fourth-order valence-corrected chi connectivity index (χ4v) is 3.40. The molecule has 0 radical (unpaired) electrons. The first kappa shape index (κ1) is 30.7. The van der Waals surface area contributed by atoms with E-state index in [1.807, 2.05) is 6.92 Å². The summed E-state index contributed by atoms with van der Waals surface area (Å²) in [6.45, 7) is 7.73. The van der Waals surface area contributed by atoms with Crippen LogP contribution < -0.4 is 0 Å². The van der Waals surface area contributed by atoms with Gasteiger partial charge in [0.2, 0.25) is 6.29 Å². The zero-order chi connectivity index (χ0) is 27.3. The third kappa shape index (κ3) is 12.5. The lowest BCUT2D eigenvalue weighted by Gasteiger charge is -2.22. The first-order valence-electron chi connectivity index (χ1n) is 12.5. The summed E-state index contributed by atoms with van der Waals surface area (Å²) in [6.07, 6.45) is 3.24. The minimum Gasteiger partial charge on any atom is -0.466 e. The van der Waals surface area contributed by atoms with E-state index >= 15 is 0 Å². The minimum absolute atomic E-state index is 0.0884. The Bertz CT molecular complexity index is 807. The summed E-state index contributed by atoms with van der Waals surface area (Å²) in [7, 11) is 0. The molecule has 2 aliphatic rings. The second-order valence-electron chi connectivity index (χ2n) is 9.24. The van der Waals surface area contributed by atoms with Crippen LogP contribution >= 0.6 is 0 Å². The van der Waals surface area contributed by atoms with Gasteiger partial charge in [-0.15, -0.1) is 0 Å². The topological polar surface area (TPSA) is 142 Å². The zero-order valence-electron chi connectivity index (χ0n) is 22.0. The summed E-state index contributed by atoms with van der Waals surface area (Å²) in [6, 6.07) is 0. The fraction of sp³-hybridized carbons (Fsp3) is 0.760. The molecule has 3 unspecified atom stereocenters. The van der Waals surface area contributed by atoms with Crippen LogP contribution in [0.5, 0.6) is 0 Å². The number of carbonyl (C=O) groups is 4. The zero-order valence-corrected chi connectivity index (χ0v) is 22.0. The molecule has 0 aliphatic carbocycles. The number of hydrogen-bond acceptors (Lipinski definition) is 12. The van der Waals surface area contributed by atoms with Gasteiger partial charge in [-0.2, -0.15) is 0 Å². The smallest absolute Gasteiger partial charge is 0.333 e. The second-order valence-corrected chi connectivity index (χ2v) is 9.24. The fourth-order valence-electron chi connectivity index (χ4n) is 3.40. The van der Waals surface area contributed by atoms with Crippen molar-refractivity contribution in [2.24, 2.45) is 0 Å². The molecule has 2 rings (SSSR count). The van der Waals surface area contributed by atoms with Crippen molar-refractivity contribution in [1.29, 1.82) is 0 Å². The average Bonchev–Trinajstić information content (AvgIpc) is 3.38. The molecule has 0 aromatic carbocycles. The highest BCUT2D eigenvalue weighted by atomic mass is 16.8. The van der Waals surface area contributed by atoms with Crippen LogP contribution in [0.3, 0.4) is 0 Å². The van der Waals surface area contributed by atoms with Gasteiger partial charge >= 0.3 is 23.9 Å². The Hall–Kier alpha value is -2.54. The van der Waals surface area contributed by atoms with E-state index in [4.69, 9.17) is 37.9 Å². The third-order valence-electron chi connectivity index (χ3n) is 5.29. The third-order valence-corrected chi connectivity index (χ3v) is 5.29. The first-order chi connectivity index (χ1) is 17.5. The van der Waals surface area contributed by atoms with Crippen molar-refractivity contribution in [3.05, 3.63) is 12.2 Å². The van der Waals surface area contributed by atoms with Crippen molar-refractivity contribution in [1.82, 2.24) is 0 Å². The number of hydrogen-bond donors (Lipinski definition) is 0. The summed E-state index contributed by atoms with van der Waals surface area (Å²) < 4.78 is 42.4. The number of esters is 4. The summed E-state index contributed by atoms with van der Waals surface area (Å²) in [5, 5.41) is 0. The van der Waals surface area contributed by atoms with Crippen LogP contribution in [0.1, 0.15) is 66.2 Å². The van der Waals surface area contributed by atoms with Gasteiger partial charge in [0.1, 0.15) is 19.3 Å². The van der Waals surface area contributed by atoms with Crippen LogP contribution in [0.15, 0.2) is 12.2 Å². The van der Waals surface area contributed by atoms with Crippen LogP contribution in [0.25, 0.3) is 0 Å². The quantitative estimate of drug-likeness (QED) is 0.133. The van der Waals surface area contributed by atoms with Crippen molar-refractivity contribution in [2.75, 3.05) is 33.0 Å². The van der Waals surface area contributed by atoms with Crippen LogP contribution in [0, 0.1) is 0 Å². The molecule has 37 heavy (non-hydrogen) atoms. The molecular weight excluding hydrogens is 492 g/mol. The van der Waals surface area contributed by atoms with Crippen LogP contribution in [0.2, 0.25) is 0 Å². The molecular formula is C25H38O12. The van der Waals surface area contributed by atoms with Gasteiger partial charge in [0.25, 0.3) is 0 Å². The van der Waals surface area contributed by atoms with Crippen molar-refractivity contribution in [3.8, 4) is 0 Å². The van der Waals surface area contributed by atoms with E-state index in [1.54, 1.807) is 20.8 Å². The minimum atomic E-state index is -1.01. The Labute approximate surface area is 216 Å². The molecule has 12 heteroatoms. The lowest BCUT2D eigenvalue weighted by atomic mass is 10.1. The lowest BCUT2D eigenvalue weighted by Crippen LogP contribution is -2.29. The van der Waals surface area contributed by atoms with Crippen LogP contribution in [-0.2, 0) is 57.1 Å². The van der Waals surface area contributed by atoms with Gasteiger partial charge in [-0.05, 0) is 40.0 Å². The standard InChI is InChI=1S/C25H38O12/c1-5-8-19(26)30-13-6-7-14-31-21(28)11-12-25(4)34-16-18(36-25)15-32-20(27)9-10-22(29)35-23-17-33-24(2,3)37-23/h9-10,18,23H,5-8,11-17H2,1-4H3/b10-9-. The summed E-state index contributed by atoms with van der Waals surface area (Å²) >= 11 is 0. The van der Waals surface area contributed by atoms with Crippen LogP contribution in [-0.4, -0.2) is 80.9 Å². The average molecular weight is 531 g/mol. The lowest BCUT2D eigenvalue weighted by molar-refractivity contribution is -0.194. The van der Waals surface area contributed by atoms with Crippen molar-refractivity contribution < 1.29 is 57.1 Å². The molecule has 2 fully saturated rings. The predicted molar refractivity (Wildman–Crippen MR) is 126 cm³/mol. The summed E-state index contributed by atoms with van der Waals surface area (Å²) in [5.74, 6) is -3.97. The van der Waals surface area contributed by atoms with Gasteiger partial charge in [-0.1, -0.05) is 6.92 Å². The monoisotopic (exact) mass is 530 g/mol. The molecule has 0 saturated carbocycles. The highest BCUT2D eigenvalue weighted by molar-refractivity contribution is 5.91. The molecule has 3 atom stereocenters. The first-order valence-corrected chi connectivity index (χ1v) is 12.5. The molecule has 2 saturated heterocycles. The maximum absolute atomic E-state index is 12.0. The Morgan fingerprint density at radius 2 is 1.49 bits per heavy atom. The molecule has 2 aliphatic heterocycles. The van der Waals surface area contributed by atoms with Crippen molar-refractivity contribution >= 4 is 23.9 Å². The Morgan fingerprint density at radius 3 is 2.11 bits per heavy atom. The number of unbranched alkanes of at least 4 members (excludes halogenated alkanes) is 1. The van der Waals surface area contributed by atoms with Crippen molar-refractivity contribution in [2.45, 2.75) is 90.2 Å². The van der Waals surface area contributed by atoms with Gasteiger partial charge in [0.05, 0.1) is 26.2 Å². The van der Waals surface area contributed by atoms with E-state index < -0.39 is 35.9 Å². The molecule has 0 N–H and O–H groups in total. The van der Waals surface area contributed by atoms with Gasteiger partial charge in [0.15, 0.2) is 11.6 Å². The van der Waals surface area contributed by atoms with E-state index in [0.717, 1.165) is 18.6 Å². The Balaban J connectivity index is 1.55.